The number of hydrogen-bond donors (Lipinski definition) is 3. The van der Waals surface area contributed by atoms with Crippen LogP contribution in [0.4, 0.5) is 5.69 Å². The third-order valence-electron chi connectivity index (χ3n) is 5.79. The summed E-state index contributed by atoms with van der Waals surface area (Å²) in [6.07, 6.45) is 0. The number of nitrogens with one attached hydrogen (secondary N) is 3. The number of quaternary nitrogens is 2. The number of anilines is 1. The molecule has 4 rings (SSSR count). The van der Waals surface area contributed by atoms with E-state index in [4.69, 9.17) is 11.6 Å². The molecule has 3 aromatic rings. The van der Waals surface area contributed by atoms with Crippen molar-refractivity contribution in [3.63, 3.8) is 0 Å². The zero-order valence-electron chi connectivity index (χ0n) is 17.0. The maximum Gasteiger partial charge on any atom is 0.279 e. The molecule has 1 amide bonds. The maximum atomic E-state index is 12.5. The van der Waals surface area contributed by atoms with E-state index in [0.29, 0.717) is 17.6 Å². The monoisotopic (exact) mass is 421 g/mol. The van der Waals surface area contributed by atoms with E-state index >= 15 is 0 Å². The fourth-order valence-corrected chi connectivity index (χ4v) is 4.53. The number of halogens is 1. The van der Waals surface area contributed by atoms with Crippen LogP contribution in [0.5, 0.6) is 0 Å². The van der Waals surface area contributed by atoms with Crippen LogP contribution < -0.4 is 15.1 Å². The molecular formula is C25H28ClN3O+2. The second kappa shape index (κ2) is 9.90. The van der Waals surface area contributed by atoms with Crippen LogP contribution in [-0.2, 0) is 4.79 Å². The van der Waals surface area contributed by atoms with E-state index in [2.05, 4.69) is 66.0 Å². The number of hydrogen-bond acceptors (Lipinski definition) is 1. The van der Waals surface area contributed by atoms with Gasteiger partial charge < -0.3 is 15.1 Å². The Morgan fingerprint density at radius 1 is 0.833 bits per heavy atom. The molecule has 30 heavy (non-hydrogen) atoms. The van der Waals surface area contributed by atoms with Crippen LogP contribution in [0.2, 0.25) is 5.02 Å². The normalized spacial score (nSPS) is 18.9. The van der Waals surface area contributed by atoms with Gasteiger partial charge in [-0.2, -0.15) is 0 Å². The van der Waals surface area contributed by atoms with Gasteiger partial charge in [-0.3, -0.25) is 4.79 Å². The molecule has 0 bridgehead atoms. The van der Waals surface area contributed by atoms with Crippen molar-refractivity contribution in [1.82, 2.24) is 0 Å². The molecule has 4 nitrogen and oxygen atoms in total. The van der Waals surface area contributed by atoms with Gasteiger partial charge in [0.1, 0.15) is 32.2 Å². The van der Waals surface area contributed by atoms with Gasteiger partial charge >= 0.3 is 0 Å². The fraction of sp³-hybridized carbons (Fsp3) is 0.240. The minimum atomic E-state index is 0.0402. The summed E-state index contributed by atoms with van der Waals surface area (Å²) in [5.41, 5.74) is 3.45. The van der Waals surface area contributed by atoms with Gasteiger partial charge in [0.05, 0.1) is 0 Å². The van der Waals surface area contributed by atoms with Crippen molar-refractivity contribution in [3.05, 3.63) is 101 Å². The third-order valence-corrected chi connectivity index (χ3v) is 6.03. The molecule has 0 aromatic heterocycles. The molecule has 0 saturated carbocycles. The molecular weight excluding hydrogens is 394 g/mol. The zero-order valence-corrected chi connectivity index (χ0v) is 17.7. The highest BCUT2D eigenvalue weighted by Crippen LogP contribution is 2.19. The molecule has 3 N–H and O–H groups in total. The van der Waals surface area contributed by atoms with Crippen LogP contribution in [0.25, 0.3) is 0 Å². The van der Waals surface area contributed by atoms with Crippen LogP contribution in [0.15, 0.2) is 84.9 Å². The molecule has 0 radical (unpaired) electrons. The molecule has 154 valence electrons. The number of piperazine rings is 1. The molecule has 5 heteroatoms. The molecule has 3 aromatic carbocycles. The molecule has 0 spiro atoms. The maximum absolute atomic E-state index is 12.5. The minimum Gasteiger partial charge on any atom is -0.321 e. The molecule has 1 saturated heterocycles. The summed E-state index contributed by atoms with van der Waals surface area (Å²) in [4.78, 5) is 15.4. The largest absolute Gasteiger partial charge is 0.321 e. The van der Waals surface area contributed by atoms with Gasteiger partial charge in [-0.05, 0) is 18.2 Å². The molecule has 1 aliphatic rings. The second-order valence-corrected chi connectivity index (χ2v) is 8.33. The lowest BCUT2D eigenvalue weighted by atomic mass is 9.96. The number of carbonyl (C=O) groups excluding carboxylic acids is 1. The lowest BCUT2D eigenvalue weighted by molar-refractivity contribution is -1.02. The third kappa shape index (κ3) is 5.28. The molecule has 1 aliphatic heterocycles. The number of benzene rings is 3. The Balaban J connectivity index is 1.38. The summed E-state index contributed by atoms with van der Waals surface area (Å²) in [6.45, 7) is 4.52. The first-order valence-electron chi connectivity index (χ1n) is 10.5. The Kier molecular flexibility index (Phi) is 6.80. The van der Waals surface area contributed by atoms with Crippen molar-refractivity contribution in [2.24, 2.45) is 0 Å². The van der Waals surface area contributed by atoms with E-state index in [-0.39, 0.29) is 5.91 Å². The van der Waals surface area contributed by atoms with Crippen molar-refractivity contribution >= 4 is 23.2 Å². The average molecular weight is 422 g/mol. The van der Waals surface area contributed by atoms with E-state index in [9.17, 15) is 4.79 Å². The van der Waals surface area contributed by atoms with Gasteiger partial charge in [0.2, 0.25) is 0 Å². The quantitative estimate of drug-likeness (QED) is 0.558. The lowest BCUT2D eigenvalue weighted by Crippen LogP contribution is -3.28. The fourth-order valence-electron chi connectivity index (χ4n) is 4.34. The first-order chi connectivity index (χ1) is 14.7. The zero-order chi connectivity index (χ0) is 20.8. The first-order valence-corrected chi connectivity index (χ1v) is 10.9. The summed E-state index contributed by atoms with van der Waals surface area (Å²) in [5.74, 6) is 0.0402. The molecule has 0 unspecified atom stereocenters. The van der Waals surface area contributed by atoms with Gasteiger partial charge in [0.25, 0.3) is 5.91 Å². The van der Waals surface area contributed by atoms with Gasteiger partial charge in [0.15, 0.2) is 6.54 Å². The predicted octanol–water partition coefficient (Wildman–Crippen LogP) is 1.85. The van der Waals surface area contributed by atoms with Crippen LogP contribution >= 0.6 is 11.6 Å². The highest BCUT2D eigenvalue weighted by molar-refractivity contribution is 6.30. The minimum absolute atomic E-state index is 0.0402. The van der Waals surface area contributed by atoms with Crippen LogP contribution in [0, 0.1) is 0 Å². The SMILES string of the molecule is O=C(C[NH+]1CC[NH+](C(c2ccccc2)c2ccccc2)CC1)Nc1cccc(Cl)c1. The van der Waals surface area contributed by atoms with E-state index in [1.807, 2.05) is 12.1 Å². The van der Waals surface area contributed by atoms with Crippen molar-refractivity contribution < 1.29 is 14.6 Å². The number of carbonyl (C=O) groups is 1. The van der Waals surface area contributed by atoms with Gasteiger partial charge in [0, 0.05) is 21.8 Å². The predicted molar refractivity (Wildman–Crippen MR) is 121 cm³/mol. The number of amides is 1. The molecule has 0 aliphatic carbocycles. The lowest BCUT2D eigenvalue weighted by Gasteiger charge is -2.34. The highest BCUT2D eigenvalue weighted by atomic mass is 35.5. The summed E-state index contributed by atoms with van der Waals surface area (Å²) < 4.78 is 0. The summed E-state index contributed by atoms with van der Waals surface area (Å²) in [5, 5.41) is 3.59. The molecule has 1 fully saturated rings. The van der Waals surface area contributed by atoms with Crippen LogP contribution in [-0.4, -0.2) is 38.6 Å². The highest BCUT2D eigenvalue weighted by Gasteiger charge is 2.32. The Bertz CT molecular complexity index is 917. The number of rotatable bonds is 6. The topological polar surface area (TPSA) is 38.0 Å². The van der Waals surface area contributed by atoms with Gasteiger partial charge in [-0.15, -0.1) is 0 Å². The Labute approximate surface area is 183 Å². The Morgan fingerprint density at radius 2 is 1.43 bits per heavy atom. The van der Waals surface area contributed by atoms with E-state index in [1.165, 1.54) is 16.0 Å². The first kappa shape index (κ1) is 20.6. The van der Waals surface area contributed by atoms with Crippen molar-refractivity contribution in [2.45, 2.75) is 6.04 Å². The standard InChI is InChI=1S/C25H26ClN3O/c26-22-12-7-13-23(18-22)27-24(30)19-28-14-16-29(17-15-28)25(20-8-3-1-4-9-20)21-10-5-2-6-11-21/h1-13,18,25H,14-17,19H2,(H,27,30)/p+2. The summed E-state index contributed by atoms with van der Waals surface area (Å²) in [7, 11) is 0. The smallest absolute Gasteiger partial charge is 0.279 e. The Hall–Kier alpha value is -2.66. The second-order valence-electron chi connectivity index (χ2n) is 7.90. The van der Waals surface area contributed by atoms with Crippen LogP contribution in [0.1, 0.15) is 17.2 Å². The van der Waals surface area contributed by atoms with E-state index in [1.54, 1.807) is 17.0 Å². The van der Waals surface area contributed by atoms with Crippen LogP contribution in [0.3, 0.4) is 0 Å². The Morgan fingerprint density at radius 3 is 2.00 bits per heavy atom. The average Bonchev–Trinajstić information content (AvgIpc) is 2.77. The van der Waals surface area contributed by atoms with Gasteiger partial charge in [-0.25, -0.2) is 0 Å². The molecule has 0 atom stereocenters. The van der Waals surface area contributed by atoms with Crippen molar-refractivity contribution in [1.29, 1.82) is 0 Å². The van der Waals surface area contributed by atoms with E-state index in [0.717, 1.165) is 31.9 Å². The summed E-state index contributed by atoms with van der Waals surface area (Å²) >= 11 is 6.01. The van der Waals surface area contributed by atoms with E-state index < -0.39 is 0 Å². The molecule has 1 heterocycles. The van der Waals surface area contributed by atoms with Crippen molar-refractivity contribution in [3.8, 4) is 0 Å². The van der Waals surface area contributed by atoms with Gasteiger partial charge in [-0.1, -0.05) is 78.3 Å². The summed E-state index contributed by atoms with van der Waals surface area (Å²) in [6, 6.07) is 29.1. The van der Waals surface area contributed by atoms with Crippen molar-refractivity contribution in [2.75, 3.05) is 38.0 Å².